The molecule has 2 heterocycles. The van der Waals surface area contributed by atoms with Crippen LogP contribution < -0.4 is 19.5 Å². The standard InChI is InChI=1S/C23H22ClN3O4S/c1-29-16-4-5-20(30-2)18(11-16)14-8-15-9-17(31-22(15)19(24)10-14)12-27-21(28)13-32-23-25-6-3-7-26-23/h3-8,10-11,17H,9,12-13H2,1-2H3,(H,27,28). The van der Waals surface area contributed by atoms with E-state index in [4.69, 9.17) is 25.8 Å². The molecule has 1 N–H and O–H groups in total. The van der Waals surface area contributed by atoms with Gasteiger partial charge in [-0.15, -0.1) is 0 Å². The minimum atomic E-state index is -0.188. The number of nitrogens with one attached hydrogen (secondary N) is 1. The van der Waals surface area contributed by atoms with Crippen LogP contribution in [0.5, 0.6) is 17.2 Å². The van der Waals surface area contributed by atoms with E-state index in [1.165, 1.54) is 11.8 Å². The number of hydrogen-bond acceptors (Lipinski definition) is 7. The van der Waals surface area contributed by atoms with E-state index in [2.05, 4.69) is 15.3 Å². The number of carbonyl (C=O) groups is 1. The van der Waals surface area contributed by atoms with Crippen LogP contribution >= 0.6 is 23.4 Å². The van der Waals surface area contributed by atoms with Gasteiger partial charge in [-0.05, 0) is 42.0 Å². The highest BCUT2D eigenvalue weighted by Crippen LogP contribution is 2.42. The van der Waals surface area contributed by atoms with Crippen LogP contribution in [0.4, 0.5) is 0 Å². The Hall–Kier alpha value is -2.97. The highest BCUT2D eigenvalue weighted by molar-refractivity contribution is 7.99. The summed E-state index contributed by atoms with van der Waals surface area (Å²) in [7, 11) is 3.25. The lowest BCUT2D eigenvalue weighted by atomic mass is 9.99. The molecule has 0 saturated carbocycles. The molecule has 1 aliphatic rings. The van der Waals surface area contributed by atoms with E-state index in [9.17, 15) is 4.79 Å². The monoisotopic (exact) mass is 471 g/mol. The average molecular weight is 472 g/mol. The summed E-state index contributed by atoms with van der Waals surface area (Å²) in [6.45, 7) is 0.387. The Morgan fingerprint density at radius 2 is 2.03 bits per heavy atom. The summed E-state index contributed by atoms with van der Waals surface area (Å²) in [5, 5.41) is 4.00. The number of halogens is 1. The van der Waals surface area contributed by atoms with Crippen molar-refractivity contribution in [3.8, 4) is 28.4 Å². The minimum Gasteiger partial charge on any atom is -0.497 e. The van der Waals surface area contributed by atoms with E-state index in [1.807, 2.05) is 30.3 Å². The third kappa shape index (κ3) is 5.08. The summed E-state index contributed by atoms with van der Waals surface area (Å²) in [4.78, 5) is 20.4. The summed E-state index contributed by atoms with van der Waals surface area (Å²) < 4.78 is 16.9. The molecule has 1 atom stereocenters. The molecule has 0 aliphatic carbocycles. The lowest BCUT2D eigenvalue weighted by molar-refractivity contribution is -0.118. The van der Waals surface area contributed by atoms with Crippen molar-refractivity contribution in [3.05, 3.63) is 59.4 Å². The minimum absolute atomic E-state index is 0.102. The second-order valence-electron chi connectivity index (χ2n) is 7.08. The molecule has 32 heavy (non-hydrogen) atoms. The fraction of sp³-hybridized carbons (Fsp3) is 0.261. The molecule has 3 aromatic rings. The number of thioether (sulfide) groups is 1. The van der Waals surface area contributed by atoms with Gasteiger partial charge >= 0.3 is 0 Å². The third-order valence-corrected chi connectivity index (χ3v) is 6.13. The van der Waals surface area contributed by atoms with Gasteiger partial charge in [0.05, 0.1) is 31.5 Å². The Morgan fingerprint density at radius 3 is 2.78 bits per heavy atom. The summed E-state index contributed by atoms with van der Waals surface area (Å²) in [5.41, 5.74) is 2.79. The number of fused-ring (bicyclic) bond motifs is 1. The van der Waals surface area contributed by atoms with E-state index in [1.54, 1.807) is 32.7 Å². The van der Waals surface area contributed by atoms with Crippen molar-refractivity contribution in [3.63, 3.8) is 0 Å². The molecule has 0 radical (unpaired) electrons. The van der Waals surface area contributed by atoms with Crippen LogP contribution in [0.1, 0.15) is 5.56 Å². The Labute approximate surface area is 195 Å². The van der Waals surface area contributed by atoms with Crippen molar-refractivity contribution >= 4 is 29.3 Å². The van der Waals surface area contributed by atoms with Gasteiger partial charge in [0.2, 0.25) is 5.91 Å². The summed E-state index contributed by atoms with van der Waals surface area (Å²) in [6.07, 6.45) is 3.75. The molecule has 0 fully saturated rings. The quantitative estimate of drug-likeness (QED) is 0.392. The van der Waals surface area contributed by atoms with Gasteiger partial charge in [0.1, 0.15) is 23.4 Å². The first-order valence-corrected chi connectivity index (χ1v) is 11.3. The highest BCUT2D eigenvalue weighted by Gasteiger charge is 2.27. The van der Waals surface area contributed by atoms with E-state index in [0.717, 1.165) is 28.2 Å². The van der Waals surface area contributed by atoms with Crippen LogP contribution in [0.3, 0.4) is 0 Å². The van der Waals surface area contributed by atoms with Crippen LogP contribution in [0.2, 0.25) is 5.02 Å². The number of hydrogen-bond donors (Lipinski definition) is 1. The number of amides is 1. The number of benzene rings is 2. The molecule has 1 aromatic heterocycles. The molecule has 1 aliphatic heterocycles. The number of aromatic nitrogens is 2. The van der Waals surface area contributed by atoms with Crippen LogP contribution in [0, 0.1) is 0 Å². The van der Waals surface area contributed by atoms with Gasteiger partial charge in [-0.1, -0.05) is 23.4 Å². The number of ether oxygens (including phenoxy) is 3. The molecule has 1 amide bonds. The van der Waals surface area contributed by atoms with Crippen molar-refractivity contribution in [2.45, 2.75) is 17.7 Å². The van der Waals surface area contributed by atoms with E-state index < -0.39 is 0 Å². The summed E-state index contributed by atoms with van der Waals surface area (Å²) in [5.74, 6) is 2.25. The van der Waals surface area contributed by atoms with Crippen molar-refractivity contribution < 1.29 is 19.0 Å². The number of nitrogens with zero attached hydrogens (tertiary/aromatic N) is 2. The van der Waals surface area contributed by atoms with Crippen LogP contribution in [0.25, 0.3) is 11.1 Å². The van der Waals surface area contributed by atoms with Gasteiger partial charge in [0, 0.05) is 29.9 Å². The maximum Gasteiger partial charge on any atom is 0.230 e. The van der Waals surface area contributed by atoms with E-state index in [-0.39, 0.29) is 17.8 Å². The molecule has 2 aromatic carbocycles. The lowest BCUT2D eigenvalue weighted by Crippen LogP contribution is -2.35. The van der Waals surface area contributed by atoms with Crippen LogP contribution in [-0.4, -0.2) is 48.5 Å². The molecule has 1 unspecified atom stereocenters. The van der Waals surface area contributed by atoms with E-state index >= 15 is 0 Å². The van der Waals surface area contributed by atoms with Gasteiger partial charge in [0.25, 0.3) is 0 Å². The SMILES string of the molecule is COc1ccc(OC)c(-c2cc(Cl)c3c(c2)CC(CNC(=O)CSc2ncccn2)O3)c1. The average Bonchev–Trinajstić information content (AvgIpc) is 3.25. The smallest absolute Gasteiger partial charge is 0.230 e. The Bertz CT molecular complexity index is 1110. The van der Waals surface area contributed by atoms with Gasteiger partial charge in [0.15, 0.2) is 5.16 Å². The Balaban J connectivity index is 1.41. The molecule has 9 heteroatoms. The summed E-state index contributed by atoms with van der Waals surface area (Å²) >= 11 is 7.83. The molecular formula is C23H22ClN3O4S. The normalized spacial score (nSPS) is 14.4. The fourth-order valence-electron chi connectivity index (χ4n) is 3.47. The molecule has 0 bridgehead atoms. The maximum absolute atomic E-state index is 12.2. The van der Waals surface area contributed by atoms with E-state index in [0.29, 0.717) is 28.9 Å². The van der Waals surface area contributed by atoms with Gasteiger partial charge in [-0.3, -0.25) is 4.79 Å². The maximum atomic E-state index is 12.2. The first-order valence-electron chi connectivity index (χ1n) is 9.95. The zero-order valence-electron chi connectivity index (χ0n) is 17.6. The van der Waals surface area contributed by atoms with Crippen LogP contribution in [0.15, 0.2) is 53.9 Å². The number of methoxy groups -OCH3 is 2. The fourth-order valence-corrected chi connectivity index (χ4v) is 4.38. The molecule has 166 valence electrons. The first kappa shape index (κ1) is 22.2. The molecular weight excluding hydrogens is 450 g/mol. The second kappa shape index (κ2) is 10.1. The Kier molecular flexibility index (Phi) is 7.02. The zero-order valence-corrected chi connectivity index (χ0v) is 19.2. The Morgan fingerprint density at radius 1 is 1.22 bits per heavy atom. The molecule has 0 spiro atoms. The van der Waals surface area contributed by atoms with Crippen molar-refractivity contribution in [1.82, 2.24) is 15.3 Å². The molecule has 4 rings (SSSR count). The van der Waals surface area contributed by atoms with Gasteiger partial charge < -0.3 is 19.5 Å². The number of rotatable bonds is 8. The number of carbonyl (C=O) groups excluding carboxylic acids is 1. The third-order valence-electron chi connectivity index (χ3n) is 4.97. The zero-order chi connectivity index (χ0) is 22.5. The van der Waals surface area contributed by atoms with Gasteiger partial charge in [-0.2, -0.15) is 0 Å². The predicted molar refractivity (Wildman–Crippen MR) is 124 cm³/mol. The topological polar surface area (TPSA) is 82.6 Å². The first-order chi connectivity index (χ1) is 15.6. The highest BCUT2D eigenvalue weighted by atomic mass is 35.5. The van der Waals surface area contributed by atoms with Crippen LogP contribution in [-0.2, 0) is 11.2 Å². The van der Waals surface area contributed by atoms with Crippen molar-refractivity contribution in [2.24, 2.45) is 0 Å². The predicted octanol–water partition coefficient (Wildman–Crippen LogP) is 4.03. The largest absolute Gasteiger partial charge is 0.497 e. The molecule has 0 saturated heterocycles. The van der Waals surface area contributed by atoms with Crippen molar-refractivity contribution in [1.29, 1.82) is 0 Å². The second-order valence-corrected chi connectivity index (χ2v) is 8.43. The summed E-state index contributed by atoms with van der Waals surface area (Å²) in [6, 6.07) is 11.3. The van der Waals surface area contributed by atoms with Crippen molar-refractivity contribution in [2.75, 3.05) is 26.5 Å². The molecule has 7 nitrogen and oxygen atoms in total. The lowest BCUT2D eigenvalue weighted by Gasteiger charge is -2.13. The van der Waals surface area contributed by atoms with Gasteiger partial charge in [-0.25, -0.2) is 9.97 Å².